The summed E-state index contributed by atoms with van der Waals surface area (Å²) in [4.78, 5) is 14.2. The van der Waals surface area contributed by atoms with E-state index >= 15 is 0 Å². The van der Waals surface area contributed by atoms with Gasteiger partial charge in [0.25, 0.3) is 0 Å². The van der Waals surface area contributed by atoms with Crippen molar-refractivity contribution in [1.29, 1.82) is 0 Å². The second-order valence-corrected chi connectivity index (χ2v) is 6.02. The molecule has 1 atom stereocenters. The lowest BCUT2D eigenvalue weighted by molar-refractivity contribution is 0.166. The first-order chi connectivity index (χ1) is 11.7. The third kappa shape index (κ3) is 3.68. The number of nitrogens with one attached hydrogen (secondary N) is 1. The Morgan fingerprint density at radius 1 is 1.29 bits per heavy atom. The fraction of sp³-hybridized carbons (Fsp3) is 0.316. The standard InChI is InChI=1S/C19H22N2O3/c1-14-9-10-18(24-16-7-3-2-4-8-16)17(12-14)20-19(23)21-11-5-6-15(21)13-22/h2-4,7-10,12,15,22H,5-6,11,13H2,1H3,(H,20,23). The van der Waals surface area contributed by atoms with Crippen LogP contribution in [-0.4, -0.2) is 35.2 Å². The third-order valence-corrected chi connectivity index (χ3v) is 4.20. The van der Waals surface area contributed by atoms with Gasteiger partial charge < -0.3 is 20.1 Å². The molecule has 1 fully saturated rings. The lowest BCUT2D eigenvalue weighted by atomic mass is 10.2. The van der Waals surface area contributed by atoms with Crippen molar-refractivity contribution in [2.24, 2.45) is 0 Å². The van der Waals surface area contributed by atoms with Gasteiger partial charge in [-0.1, -0.05) is 24.3 Å². The van der Waals surface area contributed by atoms with E-state index in [1.807, 2.05) is 55.5 Å². The molecule has 5 heteroatoms. The van der Waals surface area contributed by atoms with Crippen LogP contribution in [0.25, 0.3) is 0 Å². The second kappa shape index (κ2) is 7.36. The van der Waals surface area contributed by atoms with E-state index in [1.165, 1.54) is 0 Å². The molecule has 1 aliphatic rings. The van der Waals surface area contributed by atoms with Crippen molar-refractivity contribution in [3.8, 4) is 11.5 Å². The summed E-state index contributed by atoms with van der Waals surface area (Å²) in [6.07, 6.45) is 1.75. The minimum Gasteiger partial charge on any atom is -0.455 e. The number of benzene rings is 2. The molecule has 1 aliphatic heterocycles. The minimum atomic E-state index is -0.199. The van der Waals surface area contributed by atoms with Crippen LogP contribution in [0.1, 0.15) is 18.4 Å². The number of aryl methyl sites for hydroxylation is 1. The van der Waals surface area contributed by atoms with Crippen molar-refractivity contribution in [3.05, 3.63) is 54.1 Å². The van der Waals surface area contributed by atoms with E-state index in [2.05, 4.69) is 5.32 Å². The smallest absolute Gasteiger partial charge is 0.322 e. The van der Waals surface area contributed by atoms with Crippen LogP contribution in [0.15, 0.2) is 48.5 Å². The van der Waals surface area contributed by atoms with E-state index in [1.54, 1.807) is 4.90 Å². The fourth-order valence-corrected chi connectivity index (χ4v) is 2.93. The van der Waals surface area contributed by atoms with Crippen LogP contribution in [0, 0.1) is 6.92 Å². The number of carbonyl (C=O) groups excluding carboxylic acids is 1. The van der Waals surface area contributed by atoms with Crippen molar-refractivity contribution in [2.45, 2.75) is 25.8 Å². The zero-order chi connectivity index (χ0) is 16.9. The lowest BCUT2D eigenvalue weighted by Crippen LogP contribution is -2.40. The number of nitrogens with zero attached hydrogens (tertiary/aromatic N) is 1. The minimum absolute atomic E-state index is 0.00535. The summed E-state index contributed by atoms with van der Waals surface area (Å²) in [5.74, 6) is 1.31. The molecule has 0 aromatic heterocycles. The summed E-state index contributed by atoms with van der Waals surface area (Å²) < 4.78 is 5.90. The second-order valence-electron chi connectivity index (χ2n) is 6.02. The molecule has 1 heterocycles. The van der Waals surface area contributed by atoms with Gasteiger partial charge in [0.15, 0.2) is 5.75 Å². The molecule has 1 saturated heterocycles. The molecule has 3 rings (SSSR count). The van der Waals surface area contributed by atoms with Crippen molar-refractivity contribution >= 4 is 11.7 Å². The Morgan fingerprint density at radius 3 is 2.83 bits per heavy atom. The monoisotopic (exact) mass is 326 g/mol. The van der Waals surface area contributed by atoms with Gasteiger partial charge in [0.05, 0.1) is 18.3 Å². The number of ether oxygens (including phenoxy) is 1. The number of aliphatic hydroxyl groups excluding tert-OH is 1. The Balaban J connectivity index is 1.79. The number of amides is 2. The summed E-state index contributed by atoms with van der Waals surface area (Å²) in [5, 5.41) is 12.3. The molecule has 24 heavy (non-hydrogen) atoms. The van der Waals surface area contributed by atoms with Gasteiger partial charge in [-0.3, -0.25) is 0 Å². The highest BCUT2D eigenvalue weighted by molar-refractivity contribution is 5.91. The summed E-state index contributed by atoms with van der Waals surface area (Å²) >= 11 is 0. The maximum absolute atomic E-state index is 12.5. The summed E-state index contributed by atoms with van der Waals surface area (Å²) in [7, 11) is 0. The highest BCUT2D eigenvalue weighted by Crippen LogP contribution is 2.31. The van der Waals surface area contributed by atoms with E-state index in [0.717, 1.165) is 18.4 Å². The maximum Gasteiger partial charge on any atom is 0.322 e. The normalized spacial score (nSPS) is 16.9. The van der Waals surface area contributed by atoms with E-state index in [-0.39, 0.29) is 18.7 Å². The zero-order valence-corrected chi connectivity index (χ0v) is 13.7. The Bertz CT molecular complexity index is 703. The van der Waals surface area contributed by atoms with Crippen LogP contribution in [-0.2, 0) is 0 Å². The first-order valence-corrected chi connectivity index (χ1v) is 8.19. The number of para-hydroxylation sites is 1. The molecule has 0 radical (unpaired) electrons. The molecule has 126 valence electrons. The van der Waals surface area contributed by atoms with Gasteiger partial charge in [0, 0.05) is 6.54 Å². The largest absolute Gasteiger partial charge is 0.455 e. The van der Waals surface area contributed by atoms with Gasteiger partial charge in [-0.25, -0.2) is 4.79 Å². The van der Waals surface area contributed by atoms with Crippen LogP contribution < -0.4 is 10.1 Å². The molecule has 0 aliphatic carbocycles. The predicted molar refractivity (Wildman–Crippen MR) is 93.5 cm³/mol. The molecule has 1 unspecified atom stereocenters. The van der Waals surface area contributed by atoms with Crippen LogP contribution in [0.4, 0.5) is 10.5 Å². The number of carbonyl (C=O) groups is 1. The van der Waals surface area contributed by atoms with Crippen molar-refractivity contribution in [2.75, 3.05) is 18.5 Å². The summed E-state index contributed by atoms with van der Waals surface area (Å²) in [6, 6.07) is 14.8. The molecule has 0 saturated carbocycles. The maximum atomic E-state index is 12.5. The highest BCUT2D eigenvalue weighted by Gasteiger charge is 2.28. The van der Waals surface area contributed by atoms with Gasteiger partial charge in [0.1, 0.15) is 5.75 Å². The molecule has 2 N–H and O–H groups in total. The fourth-order valence-electron chi connectivity index (χ4n) is 2.93. The van der Waals surface area contributed by atoms with E-state index in [9.17, 15) is 9.90 Å². The Kier molecular flexibility index (Phi) is 5.01. The van der Waals surface area contributed by atoms with E-state index < -0.39 is 0 Å². The van der Waals surface area contributed by atoms with Crippen LogP contribution >= 0.6 is 0 Å². The first-order valence-electron chi connectivity index (χ1n) is 8.19. The third-order valence-electron chi connectivity index (χ3n) is 4.20. The average molecular weight is 326 g/mol. The lowest BCUT2D eigenvalue weighted by Gasteiger charge is -2.24. The number of anilines is 1. The number of rotatable bonds is 4. The van der Waals surface area contributed by atoms with Crippen molar-refractivity contribution < 1.29 is 14.6 Å². The van der Waals surface area contributed by atoms with Gasteiger partial charge >= 0.3 is 6.03 Å². The first kappa shape index (κ1) is 16.3. The molecule has 0 bridgehead atoms. The van der Waals surface area contributed by atoms with Crippen LogP contribution in [0.3, 0.4) is 0 Å². The zero-order valence-electron chi connectivity index (χ0n) is 13.7. The van der Waals surface area contributed by atoms with Gasteiger partial charge in [0.2, 0.25) is 0 Å². The van der Waals surface area contributed by atoms with Crippen molar-refractivity contribution in [1.82, 2.24) is 4.90 Å². The SMILES string of the molecule is Cc1ccc(Oc2ccccc2)c(NC(=O)N2CCCC2CO)c1. The van der Waals surface area contributed by atoms with E-state index in [4.69, 9.17) is 4.74 Å². The van der Waals surface area contributed by atoms with Gasteiger partial charge in [-0.15, -0.1) is 0 Å². The topological polar surface area (TPSA) is 61.8 Å². The Labute approximate surface area is 141 Å². The van der Waals surface area contributed by atoms with Gasteiger partial charge in [-0.05, 0) is 49.6 Å². The van der Waals surface area contributed by atoms with E-state index in [0.29, 0.717) is 23.7 Å². The molecular formula is C19H22N2O3. The Morgan fingerprint density at radius 2 is 2.08 bits per heavy atom. The average Bonchev–Trinajstić information content (AvgIpc) is 3.07. The Hall–Kier alpha value is -2.53. The van der Waals surface area contributed by atoms with Gasteiger partial charge in [-0.2, -0.15) is 0 Å². The number of hydrogen-bond donors (Lipinski definition) is 2. The number of aliphatic hydroxyl groups is 1. The molecule has 2 amide bonds. The number of likely N-dealkylation sites (tertiary alicyclic amines) is 1. The molecule has 2 aromatic carbocycles. The van der Waals surface area contributed by atoms with Crippen molar-refractivity contribution in [3.63, 3.8) is 0 Å². The summed E-state index contributed by atoms with van der Waals surface area (Å²) in [6.45, 7) is 2.63. The quantitative estimate of drug-likeness (QED) is 0.899. The molecule has 0 spiro atoms. The van der Waals surface area contributed by atoms with Crippen LogP contribution in [0.2, 0.25) is 0 Å². The number of urea groups is 1. The molecule has 2 aromatic rings. The number of hydrogen-bond acceptors (Lipinski definition) is 3. The molecule has 5 nitrogen and oxygen atoms in total. The predicted octanol–water partition coefficient (Wildman–Crippen LogP) is 3.78. The highest BCUT2D eigenvalue weighted by atomic mass is 16.5. The summed E-state index contributed by atoms with van der Waals surface area (Å²) in [5.41, 5.74) is 1.67. The van der Waals surface area contributed by atoms with Crippen LogP contribution in [0.5, 0.6) is 11.5 Å². The molecular weight excluding hydrogens is 304 g/mol.